The molecule has 3 nitrogen and oxygen atoms in total. The minimum Gasteiger partial charge on any atom is -0.412 e. The summed E-state index contributed by atoms with van der Waals surface area (Å²) in [4.78, 5) is 0. The molecule has 0 amide bonds. The number of nitrogens with two attached hydrogens (primary N) is 1. The van der Waals surface area contributed by atoms with E-state index < -0.39 is 0 Å². The van der Waals surface area contributed by atoms with Crippen LogP contribution in [0.5, 0.6) is 0 Å². The van der Waals surface area contributed by atoms with Gasteiger partial charge < -0.3 is 16.7 Å². The second-order valence-electron chi connectivity index (χ2n) is 2.56. The Morgan fingerprint density at radius 3 is 1.73 bits per heavy atom. The molecule has 0 saturated carbocycles. The van der Waals surface area contributed by atoms with Gasteiger partial charge in [-0.25, -0.2) is 0 Å². The Morgan fingerprint density at radius 1 is 0.818 bits per heavy atom. The lowest BCUT2D eigenvalue weighted by Gasteiger charge is -1.96. The first kappa shape index (κ1) is 17.1. The number of hydrogen-bond acceptors (Lipinski definition) is 1. The quantitative estimate of drug-likeness (QED) is 0.575. The van der Waals surface area contributed by atoms with Crippen LogP contribution in [0.3, 0.4) is 0 Å². The zero-order valence-electron chi connectivity index (χ0n) is 7.53. The Bertz CT molecular complexity index is 45.4. The van der Waals surface area contributed by atoms with Crippen LogP contribution in [0.15, 0.2) is 0 Å². The summed E-state index contributed by atoms with van der Waals surface area (Å²) >= 11 is 0. The molecule has 0 aromatic carbocycles. The summed E-state index contributed by atoms with van der Waals surface area (Å²) in [7, 11) is 0. The fraction of sp³-hybridized carbons (Fsp3) is 1.00. The standard InChI is InChI=1S/C8H19N.2H2O/c1-2-3-4-5-6-7-8-9;;/h2-9H2,1H3;2*1H2. The summed E-state index contributed by atoms with van der Waals surface area (Å²) in [5.74, 6) is 0. The van der Waals surface area contributed by atoms with Crippen molar-refractivity contribution in [3.63, 3.8) is 0 Å². The van der Waals surface area contributed by atoms with E-state index in [1.54, 1.807) is 0 Å². The lowest BCUT2D eigenvalue weighted by Crippen LogP contribution is -1.97. The predicted octanol–water partition coefficient (Wildman–Crippen LogP) is 0.656. The Kier molecular flexibility index (Phi) is 25.6. The maximum absolute atomic E-state index is 5.34. The summed E-state index contributed by atoms with van der Waals surface area (Å²) in [5.41, 5.74) is 5.34. The summed E-state index contributed by atoms with van der Waals surface area (Å²) in [6.07, 6.45) is 8.05. The molecule has 0 rings (SSSR count). The van der Waals surface area contributed by atoms with Gasteiger partial charge in [0.2, 0.25) is 0 Å². The Hall–Kier alpha value is -0.120. The molecule has 72 valence electrons. The van der Waals surface area contributed by atoms with Gasteiger partial charge in [-0.3, -0.25) is 0 Å². The summed E-state index contributed by atoms with van der Waals surface area (Å²) in [5, 5.41) is 0. The third kappa shape index (κ3) is 17.7. The first-order chi connectivity index (χ1) is 4.41. The highest BCUT2D eigenvalue weighted by Gasteiger charge is 1.85. The van der Waals surface area contributed by atoms with Gasteiger partial charge in [0.1, 0.15) is 0 Å². The van der Waals surface area contributed by atoms with E-state index in [4.69, 9.17) is 5.73 Å². The van der Waals surface area contributed by atoms with Crippen LogP contribution >= 0.6 is 0 Å². The molecule has 0 fully saturated rings. The van der Waals surface area contributed by atoms with Crippen LogP contribution in [0, 0.1) is 0 Å². The van der Waals surface area contributed by atoms with Crippen molar-refractivity contribution in [3.8, 4) is 0 Å². The highest BCUT2D eigenvalue weighted by molar-refractivity contribution is 4.43. The van der Waals surface area contributed by atoms with E-state index in [2.05, 4.69) is 6.92 Å². The zero-order valence-corrected chi connectivity index (χ0v) is 7.53. The van der Waals surface area contributed by atoms with E-state index in [1.807, 2.05) is 0 Å². The van der Waals surface area contributed by atoms with Crippen LogP contribution in [-0.4, -0.2) is 17.5 Å². The van der Waals surface area contributed by atoms with E-state index >= 15 is 0 Å². The fourth-order valence-electron chi connectivity index (χ4n) is 0.925. The SMILES string of the molecule is CCCCCCCCN.O.O. The van der Waals surface area contributed by atoms with Gasteiger partial charge in [-0.1, -0.05) is 39.0 Å². The normalized spacial score (nSPS) is 8.18. The fourth-order valence-corrected chi connectivity index (χ4v) is 0.925. The second-order valence-corrected chi connectivity index (χ2v) is 2.56. The van der Waals surface area contributed by atoms with Gasteiger partial charge in [-0.2, -0.15) is 0 Å². The van der Waals surface area contributed by atoms with Crippen LogP contribution in [0.4, 0.5) is 0 Å². The molecule has 0 aliphatic heterocycles. The van der Waals surface area contributed by atoms with Gasteiger partial charge in [-0.05, 0) is 13.0 Å². The van der Waals surface area contributed by atoms with Crippen molar-refractivity contribution in [2.75, 3.05) is 6.54 Å². The molecule has 0 aliphatic rings. The molecular weight excluding hydrogens is 142 g/mol. The predicted molar refractivity (Wildman–Crippen MR) is 49.7 cm³/mol. The first-order valence-electron chi connectivity index (χ1n) is 4.12. The van der Waals surface area contributed by atoms with Crippen molar-refractivity contribution in [2.45, 2.75) is 45.4 Å². The molecular formula is C8H23NO2. The van der Waals surface area contributed by atoms with Gasteiger partial charge >= 0.3 is 0 Å². The lowest BCUT2D eigenvalue weighted by atomic mass is 10.1. The summed E-state index contributed by atoms with van der Waals surface area (Å²) < 4.78 is 0. The van der Waals surface area contributed by atoms with Crippen LogP contribution in [0.25, 0.3) is 0 Å². The maximum atomic E-state index is 5.34. The molecule has 0 aromatic rings. The first-order valence-corrected chi connectivity index (χ1v) is 4.12. The topological polar surface area (TPSA) is 89.0 Å². The Morgan fingerprint density at radius 2 is 1.27 bits per heavy atom. The van der Waals surface area contributed by atoms with E-state index in [0.717, 1.165) is 6.54 Å². The van der Waals surface area contributed by atoms with Gasteiger partial charge in [-0.15, -0.1) is 0 Å². The van der Waals surface area contributed by atoms with Crippen LogP contribution in [-0.2, 0) is 0 Å². The molecule has 0 unspecified atom stereocenters. The van der Waals surface area contributed by atoms with Crippen LogP contribution in [0.1, 0.15) is 45.4 Å². The van der Waals surface area contributed by atoms with Gasteiger partial charge in [0.05, 0.1) is 0 Å². The van der Waals surface area contributed by atoms with E-state index in [1.165, 1.54) is 38.5 Å². The third-order valence-corrected chi connectivity index (χ3v) is 1.56. The number of hydrogen-bond donors (Lipinski definition) is 1. The van der Waals surface area contributed by atoms with Crippen molar-refractivity contribution < 1.29 is 11.0 Å². The van der Waals surface area contributed by atoms with Gasteiger partial charge in [0.15, 0.2) is 0 Å². The molecule has 11 heavy (non-hydrogen) atoms. The van der Waals surface area contributed by atoms with Crippen molar-refractivity contribution in [1.29, 1.82) is 0 Å². The van der Waals surface area contributed by atoms with Gasteiger partial charge in [0, 0.05) is 0 Å². The monoisotopic (exact) mass is 165 g/mol. The Labute approximate surface area is 69.6 Å². The maximum Gasteiger partial charge on any atom is -0.00773 e. The van der Waals surface area contributed by atoms with Crippen LogP contribution < -0.4 is 5.73 Å². The van der Waals surface area contributed by atoms with E-state index in [-0.39, 0.29) is 11.0 Å². The van der Waals surface area contributed by atoms with Gasteiger partial charge in [0.25, 0.3) is 0 Å². The molecule has 6 N–H and O–H groups in total. The van der Waals surface area contributed by atoms with E-state index in [9.17, 15) is 0 Å². The lowest BCUT2D eigenvalue weighted by molar-refractivity contribution is 0.612. The number of unbranched alkanes of at least 4 members (excludes halogenated alkanes) is 5. The van der Waals surface area contributed by atoms with Crippen molar-refractivity contribution in [3.05, 3.63) is 0 Å². The molecule has 0 radical (unpaired) electrons. The largest absolute Gasteiger partial charge is 0.412 e. The van der Waals surface area contributed by atoms with Crippen molar-refractivity contribution in [2.24, 2.45) is 5.73 Å². The molecule has 0 heterocycles. The molecule has 0 spiro atoms. The summed E-state index contributed by atoms with van der Waals surface area (Å²) in [6.45, 7) is 3.11. The third-order valence-electron chi connectivity index (χ3n) is 1.56. The zero-order chi connectivity index (χ0) is 6.95. The molecule has 0 bridgehead atoms. The highest BCUT2D eigenvalue weighted by atomic mass is 16.0. The van der Waals surface area contributed by atoms with Crippen molar-refractivity contribution in [1.82, 2.24) is 0 Å². The Balaban J connectivity index is -0.000000320. The minimum absolute atomic E-state index is 0. The molecule has 0 aromatic heterocycles. The molecule has 3 heteroatoms. The second kappa shape index (κ2) is 16.5. The minimum atomic E-state index is 0. The molecule has 0 atom stereocenters. The number of rotatable bonds is 6. The molecule has 0 aliphatic carbocycles. The van der Waals surface area contributed by atoms with E-state index in [0.29, 0.717) is 0 Å². The average molecular weight is 165 g/mol. The smallest absolute Gasteiger partial charge is 0.00773 e. The summed E-state index contributed by atoms with van der Waals surface area (Å²) in [6, 6.07) is 0. The highest BCUT2D eigenvalue weighted by Crippen LogP contribution is 2.03. The molecule has 0 saturated heterocycles. The van der Waals surface area contributed by atoms with Crippen LogP contribution in [0.2, 0.25) is 0 Å². The average Bonchev–Trinajstić information content (AvgIpc) is 1.89. The van der Waals surface area contributed by atoms with Crippen molar-refractivity contribution >= 4 is 0 Å².